The second-order valence-electron chi connectivity index (χ2n) is 6.17. The molecule has 23 heavy (non-hydrogen) atoms. The molecule has 2 aromatic heterocycles. The van der Waals surface area contributed by atoms with Crippen molar-refractivity contribution in [3.8, 4) is 16.3 Å². The van der Waals surface area contributed by atoms with E-state index in [1.807, 2.05) is 11.3 Å². The molecule has 3 nitrogen and oxygen atoms in total. The van der Waals surface area contributed by atoms with Gasteiger partial charge >= 0.3 is 0 Å². The molecule has 3 heterocycles. The molecule has 4 rings (SSSR count). The molecule has 0 amide bonds. The maximum Gasteiger partial charge on any atom is 0.133 e. The highest BCUT2D eigenvalue weighted by atomic mass is 32.1. The molecule has 0 bridgehead atoms. The molecule has 0 unspecified atom stereocenters. The SMILES string of the molecule is Cc1ccc(-c2nn(-c3ccccc3C)c3c2CCCCN3)s1. The van der Waals surface area contributed by atoms with E-state index in [1.54, 1.807) is 0 Å². The first-order valence-corrected chi connectivity index (χ1v) is 9.04. The molecule has 1 N–H and O–H groups in total. The number of hydrogen-bond acceptors (Lipinski definition) is 3. The highest BCUT2D eigenvalue weighted by Crippen LogP contribution is 2.37. The number of fused-ring (bicyclic) bond motifs is 1. The van der Waals surface area contributed by atoms with Crippen LogP contribution in [0, 0.1) is 13.8 Å². The van der Waals surface area contributed by atoms with Gasteiger partial charge in [0.15, 0.2) is 0 Å². The second-order valence-corrected chi connectivity index (χ2v) is 7.46. The molecular formula is C19H21N3S. The van der Waals surface area contributed by atoms with E-state index >= 15 is 0 Å². The lowest BCUT2D eigenvalue weighted by molar-refractivity contribution is 0.780. The molecule has 1 aliphatic heterocycles. The van der Waals surface area contributed by atoms with E-state index in [-0.39, 0.29) is 0 Å². The van der Waals surface area contributed by atoms with Gasteiger partial charge in [-0.2, -0.15) is 5.10 Å². The van der Waals surface area contributed by atoms with Gasteiger partial charge in [-0.1, -0.05) is 18.2 Å². The minimum atomic E-state index is 1.02. The van der Waals surface area contributed by atoms with Crippen molar-refractivity contribution in [2.24, 2.45) is 0 Å². The summed E-state index contributed by atoms with van der Waals surface area (Å²) in [7, 11) is 0. The van der Waals surface area contributed by atoms with Crippen molar-refractivity contribution in [2.45, 2.75) is 33.1 Å². The summed E-state index contributed by atoms with van der Waals surface area (Å²) in [4.78, 5) is 2.61. The maximum atomic E-state index is 5.01. The summed E-state index contributed by atoms with van der Waals surface area (Å²) >= 11 is 1.83. The third kappa shape index (κ3) is 2.57. The molecule has 1 aliphatic rings. The lowest BCUT2D eigenvalue weighted by Crippen LogP contribution is -2.08. The van der Waals surface area contributed by atoms with Gasteiger partial charge < -0.3 is 5.32 Å². The number of aromatic nitrogens is 2. The Bertz CT molecular complexity index is 844. The Hall–Kier alpha value is -2.07. The van der Waals surface area contributed by atoms with Crippen LogP contribution >= 0.6 is 11.3 Å². The number of thiophene rings is 1. The second kappa shape index (κ2) is 5.85. The summed E-state index contributed by atoms with van der Waals surface area (Å²) in [5.41, 5.74) is 4.93. The van der Waals surface area contributed by atoms with Crippen LogP contribution in [0.25, 0.3) is 16.3 Å². The fourth-order valence-electron chi connectivity index (χ4n) is 3.24. The third-order valence-electron chi connectivity index (χ3n) is 4.45. The van der Waals surface area contributed by atoms with Gasteiger partial charge in [-0.3, -0.25) is 0 Å². The molecule has 0 saturated heterocycles. The first-order chi connectivity index (χ1) is 11.2. The Balaban J connectivity index is 1.93. The Kier molecular flexibility index (Phi) is 3.69. The van der Waals surface area contributed by atoms with E-state index in [0.29, 0.717) is 0 Å². The Morgan fingerprint density at radius 1 is 1.09 bits per heavy atom. The van der Waals surface area contributed by atoms with Crippen molar-refractivity contribution in [3.63, 3.8) is 0 Å². The van der Waals surface area contributed by atoms with E-state index in [1.165, 1.54) is 39.5 Å². The lowest BCUT2D eigenvalue weighted by Gasteiger charge is -2.11. The predicted molar refractivity (Wildman–Crippen MR) is 97.8 cm³/mol. The monoisotopic (exact) mass is 323 g/mol. The minimum absolute atomic E-state index is 1.02. The van der Waals surface area contributed by atoms with Crippen LogP contribution in [-0.4, -0.2) is 16.3 Å². The molecule has 0 aliphatic carbocycles. The number of nitrogens with zero attached hydrogens (tertiary/aromatic N) is 2. The van der Waals surface area contributed by atoms with Gasteiger partial charge in [-0.15, -0.1) is 11.3 Å². The summed E-state index contributed by atoms with van der Waals surface area (Å²) in [6.07, 6.45) is 3.53. The summed E-state index contributed by atoms with van der Waals surface area (Å²) in [5.74, 6) is 1.18. The zero-order chi connectivity index (χ0) is 15.8. The number of nitrogens with one attached hydrogen (secondary N) is 1. The zero-order valence-corrected chi connectivity index (χ0v) is 14.4. The van der Waals surface area contributed by atoms with E-state index in [0.717, 1.165) is 24.3 Å². The smallest absolute Gasteiger partial charge is 0.133 e. The lowest BCUT2D eigenvalue weighted by atomic mass is 10.1. The standard InChI is InChI=1S/C19H21N3S/c1-13-7-3-4-9-16(13)22-19-15(8-5-6-12-20-19)18(21-22)17-11-10-14(2)23-17/h3-4,7,9-11,20H,5-6,8,12H2,1-2H3. The summed E-state index contributed by atoms with van der Waals surface area (Å²) in [6.45, 7) is 5.33. The number of anilines is 1. The summed E-state index contributed by atoms with van der Waals surface area (Å²) in [6, 6.07) is 12.9. The predicted octanol–water partition coefficient (Wildman–Crippen LogP) is 4.97. The third-order valence-corrected chi connectivity index (χ3v) is 5.45. The van der Waals surface area contributed by atoms with Crippen molar-refractivity contribution in [1.29, 1.82) is 0 Å². The normalized spacial score (nSPS) is 14.2. The Morgan fingerprint density at radius 3 is 2.74 bits per heavy atom. The number of hydrogen-bond donors (Lipinski definition) is 1. The molecular weight excluding hydrogens is 302 g/mol. The maximum absolute atomic E-state index is 5.01. The highest BCUT2D eigenvalue weighted by molar-refractivity contribution is 7.15. The van der Waals surface area contributed by atoms with Gasteiger partial charge in [-0.05, 0) is 56.9 Å². The van der Waals surface area contributed by atoms with Crippen LogP contribution in [0.1, 0.15) is 28.8 Å². The van der Waals surface area contributed by atoms with Crippen LogP contribution < -0.4 is 5.32 Å². The van der Waals surface area contributed by atoms with E-state index in [4.69, 9.17) is 5.10 Å². The quantitative estimate of drug-likeness (QED) is 0.722. The number of aryl methyl sites for hydroxylation is 2. The fraction of sp³-hybridized carbons (Fsp3) is 0.316. The zero-order valence-electron chi connectivity index (χ0n) is 13.6. The Labute approximate surface area is 141 Å². The van der Waals surface area contributed by atoms with Crippen LogP contribution in [0.4, 0.5) is 5.82 Å². The van der Waals surface area contributed by atoms with Crippen LogP contribution in [0.2, 0.25) is 0 Å². The first kappa shape index (κ1) is 14.5. The molecule has 0 saturated carbocycles. The first-order valence-electron chi connectivity index (χ1n) is 8.22. The summed E-state index contributed by atoms with van der Waals surface area (Å²) in [5, 5.41) is 8.63. The van der Waals surface area contributed by atoms with Crippen molar-refractivity contribution in [3.05, 3.63) is 52.4 Å². The van der Waals surface area contributed by atoms with Gasteiger partial charge in [0.25, 0.3) is 0 Å². The molecule has 0 fully saturated rings. The molecule has 0 spiro atoms. The topological polar surface area (TPSA) is 29.9 Å². The van der Waals surface area contributed by atoms with Gasteiger partial charge in [-0.25, -0.2) is 4.68 Å². The van der Waals surface area contributed by atoms with Gasteiger partial charge in [0.05, 0.1) is 10.6 Å². The van der Waals surface area contributed by atoms with Crippen molar-refractivity contribution in [2.75, 3.05) is 11.9 Å². The van der Waals surface area contributed by atoms with Crippen molar-refractivity contribution < 1.29 is 0 Å². The molecule has 118 valence electrons. The molecule has 3 aromatic rings. The molecule has 0 radical (unpaired) electrons. The number of para-hydroxylation sites is 1. The van der Waals surface area contributed by atoms with E-state index in [9.17, 15) is 0 Å². The van der Waals surface area contributed by atoms with Crippen LogP contribution in [0.3, 0.4) is 0 Å². The number of benzene rings is 1. The average Bonchev–Trinajstić information content (AvgIpc) is 3.03. The average molecular weight is 323 g/mol. The Morgan fingerprint density at radius 2 is 1.96 bits per heavy atom. The van der Waals surface area contributed by atoms with E-state index in [2.05, 4.69) is 60.2 Å². The molecule has 0 atom stereocenters. The highest BCUT2D eigenvalue weighted by Gasteiger charge is 2.22. The summed E-state index contributed by atoms with van der Waals surface area (Å²) < 4.78 is 2.11. The van der Waals surface area contributed by atoms with Gasteiger partial charge in [0, 0.05) is 17.0 Å². The molecule has 4 heteroatoms. The van der Waals surface area contributed by atoms with Gasteiger partial charge in [0.2, 0.25) is 0 Å². The molecule has 1 aromatic carbocycles. The number of rotatable bonds is 2. The van der Waals surface area contributed by atoms with Gasteiger partial charge in [0.1, 0.15) is 11.5 Å². The van der Waals surface area contributed by atoms with E-state index < -0.39 is 0 Å². The fourth-order valence-corrected chi connectivity index (χ4v) is 4.12. The van der Waals surface area contributed by atoms with Crippen molar-refractivity contribution in [1.82, 2.24) is 9.78 Å². The minimum Gasteiger partial charge on any atom is -0.370 e. The van der Waals surface area contributed by atoms with Crippen LogP contribution in [-0.2, 0) is 6.42 Å². The van der Waals surface area contributed by atoms with Crippen LogP contribution in [0.15, 0.2) is 36.4 Å². The largest absolute Gasteiger partial charge is 0.370 e. The van der Waals surface area contributed by atoms with Crippen LogP contribution in [0.5, 0.6) is 0 Å². The van der Waals surface area contributed by atoms with Crippen molar-refractivity contribution >= 4 is 17.2 Å².